The second-order valence-electron chi connectivity index (χ2n) is 6.82. The Bertz CT molecular complexity index is 976. The Balaban J connectivity index is 1.43. The molecule has 6 nitrogen and oxygen atoms in total. The molecule has 1 fully saturated rings. The van der Waals surface area contributed by atoms with E-state index in [0.717, 1.165) is 25.7 Å². The average molecular weight is 474 g/mol. The lowest BCUT2D eigenvalue weighted by Gasteiger charge is -2.30. The molecule has 1 aromatic heterocycles. The van der Waals surface area contributed by atoms with Gasteiger partial charge in [-0.2, -0.15) is 0 Å². The first-order valence-electron chi connectivity index (χ1n) is 9.90. The highest BCUT2D eigenvalue weighted by Gasteiger charge is 2.29. The molecule has 1 saturated heterocycles. The lowest BCUT2D eigenvalue weighted by molar-refractivity contribution is -0.134. The van der Waals surface area contributed by atoms with Crippen LogP contribution in [0.25, 0.3) is 0 Å². The number of morpholine rings is 1. The van der Waals surface area contributed by atoms with Crippen molar-refractivity contribution >= 4 is 40.8 Å². The van der Waals surface area contributed by atoms with E-state index < -0.39 is 0 Å². The maximum Gasteiger partial charge on any atom is 0.240 e. The summed E-state index contributed by atoms with van der Waals surface area (Å²) in [4.78, 5) is 15.1. The summed E-state index contributed by atoms with van der Waals surface area (Å²) < 4.78 is 12.3. The molecule has 0 radical (unpaired) electrons. The van der Waals surface area contributed by atoms with Gasteiger partial charge in [0.1, 0.15) is 11.0 Å². The van der Waals surface area contributed by atoms with Gasteiger partial charge in [-0.05, 0) is 23.3 Å². The predicted molar refractivity (Wildman–Crippen MR) is 125 cm³/mol. The van der Waals surface area contributed by atoms with Gasteiger partial charge in [0.2, 0.25) is 5.91 Å². The first-order chi connectivity index (χ1) is 15.2. The van der Waals surface area contributed by atoms with Crippen molar-refractivity contribution in [3.05, 3.63) is 65.7 Å². The molecular formula is C22H23N3O3S3. The molecule has 4 rings (SSSR count). The molecule has 1 aliphatic rings. The van der Waals surface area contributed by atoms with E-state index in [0.29, 0.717) is 26.3 Å². The Kier molecular flexibility index (Phi) is 7.85. The average Bonchev–Trinajstić information content (AvgIpc) is 3.30. The molecule has 0 aliphatic carbocycles. The fourth-order valence-corrected chi connectivity index (χ4v) is 6.36. The molecule has 0 N–H and O–H groups in total. The number of ether oxygens (including phenoxy) is 2. The highest BCUT2D eigenvalue weighted by atomic mass is 32.2. The van der Waals surface area contributed by atoms with Gasteiger partial charge in [-0.15, -0.1) is 10.2 Å². The molecule has 31 heavy (non-hydrogen) atoms. The molecule has 0 spiro atoms. The van der Waals surface area contributed by atoms with Gasteiger partial charge in [-0.3, -0.25) is 4.79 Å². The van der Waals surface area contributed by atoms with Crippen LogP contribution in [0.2, 0.25) is 0 Å². The Hall–Kier alpha value is -2.07. The van der Waals surface area contributed by atoms with E-state index in [1.807, 2.05) is 47.4 Å². The van der Waals surface area contributed by atoms with Crippen LogP contribution in [0, 0.1) is 0 Å². The fraction of sp³-hybridized carbons (Fsp3) is 0.318. The van der Waals surface area contributed by atoms with Crippen LogP contribution >= 0.6 is 34.9 Å². The third-order valence-corrected chi connectivity index (χ3v) is 8.23. The van der Waals surface area contributed by atoms with Crippen molar-refractivity contribution in [3.63, 3.8) is 0 Å². The highest BCUT2D eigenvalue weighted by molar-refractivity contribution is 8.03. The zero-order valence-corrected chi connectivity index (χ0v) is 19.5. The quantitative estimate of drug-likeness (QED) is 0.445. The minimum absolute atomic E-state index is 0.0992. The Morgan fingerprint density at radius 2 is 1.81 bits per heavy atom. The van der Waals surface area contributed by atoms with Gasteiger partial charge in [-0.1, -0.05) is 77.3 Å². The Morgan fingerprint density at radius 1 is 1.10 bits per heavy atom. The van der Waals surface area contributed by atoms with Gasteiger partial charge in [-0.25, -0.2) is 0 Å². The van der Waals surface area contributed by atoms with Gasteiger partial charge < -0.3 is 14.4 Å². The summed E-state index contributed by atoms with van der Waals surface area (Å²) in [6.45, 7) is 2.43. The molecular weight excluding hydrogens is 450 g/mol. The minimum Gasteiger partial charge on any atom is -0.497 e. The second kappa shape index (κ2) is 11.0. The van der Waals surface area contributed by atoms with E-state index in [2.05, 4.69) is 22.3 Å². The Morgan fingerprint density at radius 3 is 2.52 bits per heavy atom. The maximum absolute atomic E-state index is 13.3. The summed E-state index contributed by atoms with van der Waals surface area (Å²) in [7, 11) is 1.66. The number of aromatic nitrogens is 2. The summed E-state index contributed by atoms with van der Waals surface area (Å²) in [6.07, 6.45) is 0. The Labute approximate surface area is 194 Å². The van der Waals surface area contributed by atoms with Crippen LogP contribution in [0.1, 0.15) is 16.4 Å². The van der Waals surface area contributed by atoms with Crippen LogP contribution in [-0.4, -0.2) is 54.4 Å². The topological polar surface area (TPSA) is 64.6 Å². The van der Waals surface area contributed by atoms with Crippen LogP contribution in [0.4, 0.5) is 0 Å². The van der Waals surface area contributed by atoms with Crippen LogP contribution in [-0.2, 0) is 15.3 Å². The largest absolute Gasteiger partial charge is 0.497 e. The minimum atomic E-state index is -0.341. The van der Waals surface area contributed by atoms with Crippen LogP contribution in [0.3, 0.4) is 0 Å². The molecule has 0 bridgehead atoms. The molecule has 1 atom stereocenters. The standard InChI is InChI=1S/C22H23N3O3S3/c1-27-18-9-7-16(8-10-18)15-29-21-23-24-22(31-21)30-19(17-5-3-2-4-6-17)20(26)25-11-13-28-14-12-25/h2-10,19H,11-15H2,1H3/t19-/m1/s1. The first kappa shape index (κ1) is 22.1. The summed E-state index contributed by atoms with van der Waals surface area (Å²) in [5.41, 5.74) is 2.17. The second-order valence-corrected chi connectivity index (χ2v) is 10.4. The summed E-state index contributed by atoms with van der Waals surface area (Å²) in [6, 6.07) is 17.9. The number of amides is 1. The van der Waals surface area contributed by atoms with E-state index in [9.17, 15) is 4.79 Å². The highest BCUT2D eigenvalue weighted by Crippen LogP contribution is 2.40. The van der Waals surface area contributed by atoms with Crippen LogP contribution in [0.5, 0.6) is 5.75 Å². The number of nitrogens with zero attached hydrogens (tertiary/aromatic N) is 3. The van der Waals surface area contributed by atoms with Crippen molar-refractivity contribution in [1.29, 1.82) is 0 Å². The lowest BCUT2D eigenvalue weighted by atomic mass is 10.1. The number of methoxy groups -OCH3 is 1. The molecule has 9 heteroatoms. The number of carbonyl (C=O) groups excluding carboxylic acids is 1. The number of hydrogen-bond acceptors (Lipinski definition) is 8. The lowest BCUT2D eigenvalue weighted by Crippen LogP contribution is -2.42. The summed E-state index contributed by atoms with van der Waals surface area (Å²) >= 11 is 4.65. The molecule has 1 aliphatic heterocycles. The van der Waals surface area contributed by atoms with Crippen molar-refractivity contribution in [2.75, 3.05) is 33.4 Å². The van der Waals surface area contributed by atoms with Crippen molar-refractivity contribution in [1.82, 2.24) is 15.1 Å². The van der Waals surface area contributed by atoms with Crippen LogP contribution in [0.15, 0.2) is 63.3 Å². The number of benzene rings is 2. The van der Waals surface area contributed by atoms with Gasteiger partial charge in [0.15, 0.2) is 8.68 Å². The zero-order valence-electron chi connectivity index (χ0n) is 17.1. The van der Waals surface area contributed by atoms with Gasteiger partial charge >= 0.3 is 0 Å². The SMILES string of the molecule is COc1ccc(CSc2nnc(S[C@@H](C(=O)N3CCOCC3)c3ccccc3)s2)cc1. The van der Waals surface area contributed by atoms with Crippen molar-refractivity contribution in [3.8, 4) is 5.75 Å². The molecule has 2 aromatic carbocycles. The predicted octanol–water partition coefficient (Wildman–Crippen LogP) is 4.53. The van der Waals surface area contributed by atoms with Gasteiger partial charge in [0, 0.05) is 18.8 Å². The van der Waals surface area contributed by atoms with Gasteiger partial charge in [0.25, 0.3) is 0 Å². The molecule has 0 saturated carbocycles. The molecule has 3 aromatic rings. The third kappa shape index (κ3) is 6.00. The van der Waals surface area contributed by atoms with E-state index >= 15 is 0 Å². The summed E-state index contributed by atoms with van der Waals surface area (Å²) in [5.74, 6) is 1.75. The van der Waals surface area contributed by atoms with Crippen LogP contribution < -0.4 is 4.74 Å². The molecule has 1 amide bonds. The summed E-state index contributed by atoms with van der Waals surface area (Å²) in [5, 5.41) is 8.33. The molecule has 162 valence electrons. The van der Waals surface area contributed by atoms with Gasteiger partial charge in [0.05, 0.1) is 20.3 Å². The smallest absolute Gasteiger partial charge is 0.240 e. The van der Waals surface area contributed by atoms with Crippen molar-refractivity contribution < 1.29 is 14.3 Å². The van der Waals surface area contributed by atoms with Crippen molar-refractivity contribution in [2.45, 2.75) is 19.7 Å². The monoisotopic (exact) mass is 473 g/mol. The maximum atomic E-state index is 13.3. The fourth-order valence-electron chi connectivity index (χ4n) is 3.11. The molecule has 0 unspecified atom stereocenters. The van der Waals surface area contributed by atoms with E-state index in [1.54, 1.807) is 18.9 Å². The normalized spacial score (nSPS) is 14.9. The zero-order chi connectivity index (χ0) is 21.5. The van der Waals surface area contributed by atoms with E-state index in [1.165, 1.54) is 28.7 Å². The number of rotatable bonds is 8. The molecule has 2 heterocycles. The third-order valence-electron chi connectivity index (χ3n) is 4.78. The first-order valence-corrected chi connectivity index (χ1v) is 12.6. The van der Waals surface area contributed by atoms with E-state index in [-0.39, 0.29) is 11.2 Å². The number of carbonyl (C=O) groups is 1. The van der Waals surface area contributed by atoms with Crippen molar-refractivity contribution in [2.24, 2.45) is 0 Å². The number of hydrogen-bond donors (Lipinski definition) is 0. The van der Waals surface area contributed by atoms with E-state index in [4.69, 9.17) is 9.47 Å². The number of thioether (sulfide) groups is 2.